The third-order valence-electron chi connectivity index (χ3n) is 2.98. The third-order valence-corrected chi connectivity index (χ3v) is 2.98. The van der Waals surface area contributed by atoms with Gasteiger partial charge in [-0.25, -0.2) is 0 Å². The Morgan fingerprint density at radius 1 is 1.28 bits per heavy atom. The third kappa shape index (κ3) is 2.02. The minimum atomic E-state index is 0.190. The number of aromatic nitrogens is 1. The molecule has 0 unspecified atom stereocenters. The molecule has 0 saturated heterocycles. The van der Waals surface area contributed by atoms with E-state index in [9.17, 15) is 5.11 Å². The van der Waals surface area contributed by atoms with Gasteiger partial charge in [-0.15, -0.1) is 0 Å². The van der Waals surface area contributed by atoms with Crippen molar-refractivity contribution in [3.8, 4) is 22.6 Å². The first-order chi connectivity index (χ1) is 8.84. The normalized spacial score (nSPS) is 14.4. The highest BCUT2D eigenvalue weighted by molar-refractivity contribution is 5.68. The molecule has 0 amide bonds. The van der Waals surface area contributed by atoms with Crippen molar-refractivity contribution < 1.29 is 9.84 Å². The number of aromatic hydroxyl groups is 1. The summed E-state index contributed by atoms with van der Waals surface area (Å²) in [6.07, 6.45) is 3.52. The molecule has 0 saturated carbocycles. The van der Waals surface area contributed by atoms with Gasteiger partial charge in [-0.2, -0.15) is 0 Å². The van der Waals surface area contributed by atoms with Gasteiger partial charge < -0.3 is 15.2 Å². The molecule has 0 aliphatic carbocycles. The summed E-state index contributed by atoms with van der Waals surface area (Å²) in [5.74, 6) is 0.780. The van der Waals surface area contributed by atoms with Crippen LogP contribution in [0.3, 0.4) is 0 Å². The lowest BCUT2D eigenvalue weighted by Gasteiger charge is -2.11. The number of benzene rings is 1. The van der Waals surface area contributed by atoms with Crippen molar-refractivity contribution in [2.75, 3.05) is 13.2 Å². The van der Waals surface area contributed by atoms with Crippen molar-refractivity contribution in [2.24, 2.45) is 0 Å². The second-order valence-electron chi connectivity index (χ2n) is 4.25. The Hall–Kier alpha value is -2.07. The van der Waals surface area contributed by atoms with Crippen molar-refractivity contribution in [3.05, 3.63) is 42.2 Å². The zero-order valence-electron chi connectivity index (χ0n) is 9.89. The first-order valence-corrected chi connectivity index (χ1v) is 5.94. The summed E-state index contributed by atoms with van der Waals surface area (Å²) in [5, 5.41) is 13.3. The summed E-state index contributed by atoms with van der Waals surface area (Å²) in [5.41, 5.74) is 2.91. The maximum atomic E-state index is 10.1. The molecule has 1 aromatic heterocycles. The number of nitrogens with zero attached hydrogens (tertiary/aromatic N) is 1. The molecule has 0 radical (unpaired) electrons. The molecular weight excluding hydrogens is 228 g/mol. The van der Waals surface area contributed by atoms with E-state index in [4.69, 9.17) is 4.74 Å². The molecule has 1 aromatic carbocycles. The summed E-state index contributed by atoms with van der Waals surface area (Å²) in [6.45, 7) is 2.07. The standard InChI is InChI=1S/C14H14N2O2/c17-13-7-11(10-2-1-3-15-8-10)6-12-9-16-4-5-18-14(12)13/h1-3,6-8,16-17H,4-5,9H2. The number of phenolic OH excluding ortho intramolecular Hbond substituents is 1. The van der Waals surface area contributed by atoms with Crippen molar-refractivity contribution in [3.63, 3.8) is 0 Å². The molecule has 4 nitrogen and oxygen atoms in total. The molecule has 0 atom stereocenters. The van der Waals surface area contributed by atoms with Gasteiger partial charge in [0, 0.05) is 36.6 Å². The highest BCUT2D eigenvalue weighted by Crippen LogP contribution is 2.36. The largest absolute Gasteiger partial charge is 0.504 e. The van der Waals surface area contributed by atoms with Gasteiger partial charge >= 0.3 is 0 Å². The maximum absolute atomic E-state index is 10.1. The summed E-state index contributed by atoms with van der Waals surface area (Å²) >= 11 is 0. The molecular formula is C14H14N2O2. The molecule has 2 N–H and O–H groups in total. The Bertz CT molecular complexity index is 555. The SMILES string of the molecule is Oc1cc(-c2cccnc2)cc2c1OCCNC2. The lowest BCUT2D eigenvalue weighted by atomic mass is 10.0. The van der Waals surface area contributed by atoms with Gasteiger partial charge in [0.2, 0.25) is 0 Å². The Balaban J connectivity index is 2.08. The fourth-order valence-corrected chi connectivity index (χ4v) is 2.12. The zero-order chi connectivity index (χ0) is 12.4. The van der Waals surface area contributed by atoms with Gasteiger partial charge in [0.1, 0.15) is 6.61 Å². The molecule has 2 aromatic rings. The Morgan fingerprint density at radius 3 is 3.06 bits per heavy atom. The summed E-state index contributed by atoms with van der Waals surface area (Å²) in [4.78, 5) is 4.09. The molecule has 92 valence electrons. The van der Waals surface area contributed by atoms with Crippen LogP contribution >= 0.6 is 0 Å². The maximum Gasteiger partial charge on any atom is 0.165 e. The van der Waals surface area contributed by atoms with Crippen molar-refractivity contribution in [1.82, 2.24) is 10.3 Å². The molecule has 1 aliphatic heterocycles. The lowest BCUT2D eigenvalue weighted by molar-refractivity contribution is 0.307. The number of pyridine rings is 1. The van der Waals surface area contributed by atoms with Crippen LogP contribution in [0, 0.1) is 0 Å². The molecule has 3 rings (SSSR count). The van der Waals surface area contributed by atoms with Crippen molar-refractivity contribution >= 4 is 0 Å². The van der Waals surface area contributed by atoms with Crippen LogP contribution in [0.1, 0.15) is 5.56 Å². The molecule has 0 spiro atoms. The van der Waals surface area contributed by atoms with Crippen molar-refractivity contribution in [1.29, 1.82) is 0 Å². The van der Waals surface area contributed by atoms with E-state index in [0.29, 0.717) is 18.9 Å². The number of hydrogen-bond donors (Lipinski definition) is 2. The number of nitrogens with one attached hydrogen (secondary N) is 1. The van der Waals surface area contributed by atoms with E-state index in [1.54, 1.807) is 18.5 Å². The van der Waals surface area contributed by atoms with Crippen molar-refractivity contribution in [2.45, 2.75) is 6.54 Å². The minimum Gasteiger partial charge on any atom is -0.504 e. The number of ether oxygens (including phenoxy) is 1. The Labute approximate surface area is 105 Å². The average Bonchev–Trinajstić information content (AvgIpc) is 2.65. The summed E-state index contributed by atoms with van der Waals surface area (Å²) in [6, 6.07) is 7.61. The van der Waals surface area contributed by atoms with Gasteiger partial charge in [0.25, 0.3) is 0 Å². The van der Waals surface area contributed by atoms with E-state index in [1.807, 2.05) is 18.2 Å². The number of rotatable bonds is 1. The Kier molecular flexibility index (Phi) is 2.86. The van der Waals surface area contributed by atoms with Crippen LogP contribution in [0.15, 0.2) is 36.7 Å². The molecule has 4 heteroatoms. The zero-order valence-corrected chi connectivity index (χ0v) is 9.89. The van der Waals surface area contributed by atoms with E-state index >= 15 is 0 Å². The van der Waals surface area contributed by atoms with Crippen LogP contribution in [-0.2, 0) is 6.54 Å². The predicted octanol–water partition coefficient (Wildman–Crippen LogP) is 1.94. The molecule has 0 bridgehead atoms. The molecule has 2 heterocycles. The van der Waals surface area contributed by atoms with E-state index < -0.39 is 0 Å². The number of hydrogen-bond acceptors (Lipinski definition) is 4. The minimum absolute atomic E-state index is 0.190. The van der Waals surface area contributed by atoms with Gasteiger partial charge in [-0.05, 0) is 23.8 Å². The smallest absolute Gasteiger partial charge is 0.165 e. The topological polar surface area (TPSA) is 54.4 Å². The first-order valence-electron chi connectivity index (χ1n) is 5.94. The fraction of sp³-hybridized carbons (Fsp3) is 0.214. The van der Waals surface area contributed by atoms with E-state index in [2.05, 4.69) is 10.3 Å². The molecule has 1 aliphatic rings. The average molecular weight is 242 g/mol. The second kappa shape index (κ2) is 4.66. The number of fused-ring (bicyclic) bond motifs is 1. The summed E-state index contributed by atoms with van der Waals surface area (Å²) in [7, 11) is 0. The van der Waals surface area contributed by atoms with Crippen LogP contribution in [0.2, 0.25) is 0 Å². The van der Waals surface area contributed by atoms with E-state index in [0.717, 1.165) is 23.2 Å². The highest BCUT2D eigenvalue weighted by Gasteiger charge is 2.15. The van der Waals surface area contributed by atoms with Gasteiger partial charge in [0.15, 0.2) is 11.5 Å². The number of phenols is 1. The molecule has 0 fully saturated rings. The second-order valence-corrected chi connectivity index (χ2v) is 4.25. The van der Waals surface area contributed by atoms with Crippen LogP contribution < -0.4 is 10.1 Å². The van der Waals surface area contributed by atoms with Crippen LogP contribution in [0.5, 0.6) is 11.5 Å². The first kappa shape index (κ1) is 11.0. The van der Waals surface area contributed by atoms with Crippen LogP contribution in [0.25, 0.3) is 11.1 Å². The van der Waals surface area contributed by atoms with Gasteiger partial charge in [0.05, 0.1) is 0 Å². The quantitative estimate of drug-likeness (QED) is 0.802. The fourth-order valence-electron chi connectivity index (χ4n) is 2.12. The van der Waals surface area contributed by atoms with E-state index in [-0.39, 0.29) is 5.75 Å². The predicted molar refractivity (Wildman–Crippen MR) is 68.5 cm³/mol. The Morgan fingerprint density at radius 2 is 2.22 bits per heavy atom. The van der Waals surface area contributed by atoms with Crippen LogP contribution in [0.4, 0.5) is 0 Å². The van der Waals surface area contributed by atoms with Gasteiger partial charge in [-0.1, -0.05) is 6.07 Å². The molecule has 18 heavy (non-hydrogen) atoms. The summed E-state index contributed by atoms with van der Waals surface area (Å²) < 4.78 is 5.54. The highest BCUT2D eigenvalue weighted by atomic mass is 16.5. The van der Waals surface area contributed by atoms with Gasteiger partial charge in [-0.3, -0.25) is 4.98 Å². The lowest BCUT2D eigenvalue weighted by Crippen LogP contribution is -2.16. The monoisotopic (exact) mass is 242 g/mol. The van der Waals surface area contributed by atoms with Crippen LogP contribution in [-0.4, -0.2) is 23.2 Å². The van der Waals surface area contributed by atoms with E-state index in [1.165, 1.54) is 0 Å².